The lowest BCUT2D eigenvalue weighted by atomic mass is 10.1. The van der Waals surface area contributed by atoms with Gasteiger partial charge in [0.2, 0.25) is 0 Å². The summed E-state index contributed by atoms with van der Waals surface area (Å²) in [7, 11) is 1.31. The van der Waals surface area contributed by atoms with Crippen LogP contribution in [0.15, 0.2) is 36.7 Å². The maximum atomic E-state index is 12.4. The molecular formula is C19H20N2O4. The topological polar surface area (TPSA) is 71.6 Å². The summed E-state index contributed by atoms with van der Waals surface area (Å²) in [4.78, 5) is 29.2. The van der Waals surface area contributed by atoms with E-state index in [0.29, 0.717) is 5.69 Å². The predicted octanol–water partition coefficient (Wildman–Crippen LogP) is 3.90. The number of H-pyrrole nitrogens is 1. The van der Waals surface area contributed by atoms with E-state index in [2.05, 4.69) is 4.98 Å². The molecule has 0 spiro atoms. The van der Waals surface area contributed by atoms with Crippen molar-refractivity contribution in [2.75, 3.05) is 7.11 Å². The SMILES string of the molecule is COC(=O)C1=CN(C(=O)OC(C)(C)C)C=Cc2c1[nH]c1ccccc21. The number of fused-ring (bicyclic) bond motifs is 3. The third-order valence-electron chi connectivity index (χ3n) is 3.70. The monoisotopic (exact) mass is 340 g/mol. The quantitative estimate of drug-likeness (QED) is 0.799. The van der Waals surface area contributed by atoms with E-state index in [4.69, 9.17) is 9.47 Å². The number of ether oxygens (including phenoxy) is 2. The van der Waals surface area contributed by atoms with Gasteiger partial charge in [0.1, 0.15) is 11.2 Å². The summed E-state index contributed by atoms with van der Waals surface area (Å²) in [6.07, 6.45) is 4.23. The van der Waals surface area contributed by atoms with E-state index in [-0.39, 0.29) is 5.57 Å². The van der Waals surface area contributed by atoms with Crippen molar-refractivity contribution in [2.24, 2.45) is 0 Å². The van der Waals surface area contributed by atoms with Gasteiger partial charge in [-0.3, -0.25) is 4.90 Å². The Hall–Kier alpha value is -3.02. The van der Waals surface area contributed by atoms with E-state index in [9.17, 15) is 9.59 Å². The molecule has 1 aromatic carbocycles. The van der Waals surface area contributed by atoms with Crippen LogP contribution < -0.4 is 0 Å². The number of amides is 1. The van der Waals surface area contributed by atoms with Crippen molar-refractivity contribution < 1.29 is 19.1 Å². The molecule has 1 amide bonds. The number of nitrogens with one attached hydrogen (secondary N) is 1. The van der Waals surface area contributed by atoms with Crippen molar-refractivity contribution in [1.29, 1.82) is 0 Å². The summed E-state index contributed by atoms with van der Waals surface area (Å²) in [5, 5.41) is 0.953. The Morgan fingerprint density at radius 2 is 1.88 bits per heavy atom. The van der Waals surface area contributed by atoms with Crippen LogP contribution in [0.1, 0.15) is 32.0 Å². The molecule has 0 aliphatic carbocycles. The first-order chi connectivity index (χ1) is 11.8. The smallest absolute Gasteiger partial charge is 0.418 e. The summed E-state index contributed by atoms with van der Waals surface area (Å²) >= 11 is 0. The van der Waals surface area contributed by atoms with Gasteiger partial charge in [-0.25, -0.2) is 9.59 Å². The first kappa shape index (κ1) is 16.8. The molecule has 0 fully saturated rings. The van der Waals surface area contributed by atoms with Crippen molar-refractivity contribution >= 4 is 34.6 Å². The van der Waals surface area contributed by atoms with Gasteiger partial charge in [-0.05, 0) is 32.9 Å². The lowest BCUT2D eigenvalue weighted by Gasteiger charge is -2.23. The summed E-state index contributed by atoms with van der Waals surface area (Å²) < 4.78 is 10.3. The number of aromatic amines is 1. The zero-order valence-electron chi connectivity index (χ0n) is 14.6. The molecule has 1 aromatic heterocycles. The first-order valence-corrected chi connectivity index (χ1v) is 7.91. The number of nitrogens with zero attached hydrogens (tertiary/aromatic N) is 1. The highest BCUT2D eigenvalue weighted by Gasteiger charge is 2.26. The zero-order valence-corrected chi connectivity index (χ0v) is 14.6. The van der Waals surface area contributed by atoms with Crippen LogP contribution in [-0.2, 0) is 14.3 Å². The largest absolute Gasteiger partial charge is 0.465 e. The Bertz CT molecular complexity index is 900. The van der Waals surface area contributed by atoms with Crippen molar-refractivity contribution in [2.45, 2.75) is 26.4 Å². The number of hydrogen-bond acceptors (Lipinski definition) is 4. The van der Waals surface area contributed by atoms with Gasteiger partial charge in [-0.2, -0.15) is 0 Å². The molecule has 0 saturated heterocycles. The average molecular weight is 340 g/mol. The molecule has 2 heterocycles. The summed E-state index contributed by atoms with van der Waals surface area (Å²) in [6, 6.07) is 7.71. The molecule has 6 nitrogen and oxygen atoms in total. The van der Waals surface area contributed by atoms with Gasteiger partial charge < -0.3 is 14.5 Å². The number of esters is 1. The maximum absolute atomic E-state index is 12.4. The number of aromatic nitrogens is 1. The summed E-state index contributed by atoms with van der Waals surface area (Å²) in [5.74, 6) is -0.537. The van der Waals surface area contributed by atoms with E-state index in [1.165, 1.54) is 18.2 Å². The Kier molecular flexibility index (Phi) is 4.12. The molecule has 1 N–H and O–H groups in total. The van der Waals surface area contributed by atoms with E-state index in [0.717, 1.165) is 16.5 Å². The van der Waals surface area contributed by atoms with Crippen LogP contribution in [0.4, 0.5) is 4.79 Å². The highest BCUT2D eigenvalue weighted by Crippen LogP contribution is 2.32. The Morgan fingerprint density at radius 3 is 2.56 bits per heavy atom. The third-order valence-corrected chi connectivity index (χ3v) is 3.70. The number of methoxy groups -OCH3 is 1. The number of para-hydroxylation sites is 1. The minimum absolute atomic E-state index is 0.254. The van der Waals surface area contributed by atoms with Crippen molar-refractivity contribution in [3.05, 3.63) is 47.9 Å². The average Bonchev–Trinajstić information content (AvgIpc) is 2.80. The molecule has 0 bridgehead atoms. The Morgan fingerprint density at radius 1 is 1.16 bits per heavy atom. The standard InChI is InChI=1S/C19H20N2O4/c1-19(2,3)25-18(23)21-10-9-13-12-7-5-6-8-15(12)20-16(13)14(11-21)17(22)24-4/h5-11,20H,1-4H3. The minimum atomic E-state index is -0.641. The van der Waals surface area contributed by atoms with Crippen LogP contribution in [-0.4, -0.2) is 34.7 Å². The Balaban J connectivity index is 2.11. The molecule has 2 aromatic rings. The second-order valence-electron chi connectivity index (χ2n) is 6.70. The molecule has 130 valence electrons. The first-order valence-electron chi connectivity index (χ1n) is 7.91. The van der Waals surface area contributed by atoms with Gasteiger partial charge in [0, 0.05) is 28.9 Å². The van der Waals surface area contributed by atoms with Crippen LogP contribution in [0.25, 0.3) is 22.6 Å². The molecule has 1 aliphatic rings. The molecule has 25 heavy (non-hydrogen) atoms. The minimum Gasteiger partial charge on any atom is -0.465 e. The number of benzene rings is 1. The molecule has 1 aliphatic heterocycles. The Labute approximate surface area is 145 Å². The lowest BCUT2D eigenvalue weighted by molar-refractivity contribution is -0.133. The molecule has 6 heteroatoms. The van der Waals surface area contributed by atoms with Gasteiger partial charge in [0.25, 0.3) is 0 Å². The molecule has 0 radical (unpaired) electrons. The number of carbonyl (C=O) groups is 2. The highest BCUT2D eigenvalue weighted by molar-refractivity contribution is 6.19. The lowest BCUT2D eigenvalue weighted by Crippen LogP contribution is -2.31. The van der Waals surface area contributed by atoms with E-state index >= 15 is 0 Å². The normalized spacial score (nSPS) is 13.9. The van der Waals surface area contributed by atoms with Crippen molar-refractivity contribution in [3.8, 4) is 0 Å². The molecular weight excluding hydrogens is 320 g/mol. The van der Waals surface area contributed by atoms with Gasteiger partial charge in [-0.15, -0.1) is 0 Å². The number of carbonyl (C=O) groups excluding carboxylic acids is 2. The molecule has 0 atom stereocenters. The summed E-state index contributed by atoms with van der Waals surface area (Å²) in [5.41, 5.74) is 1.94. The van der Waals surface area contributed by atoms with Crippen molar-refractivity contribution in [1.82, 2.24) is 9.88 Å². The fourth-order valence-electron chi connectivity index (χ4n) is 2.64. The number of hydrogen-bond donors (Lipinski definition) is 1. The van der Waals surface area contributed by atoms with Gasteiger partial charge in [0.05, 0.1) is 12.8 Å². The second kappa shape index (κ2) is 6.12. The van der Waals surface area contributed by atoms with Gasteiger partial charge >= 0.3 is 12.1 Å². The molecule has 0 unspecified atom stereocenters. The summed E-state index contributed by atoms with van der Waals surface area (Å²) in [6.45, 7) is 5.36. The zero-order chi connectivity index (χ0) is 18.2. The predicted molar refractivity (Wildman–Crippen MR) is 95.4 cm³/mol. The van der Waals surface area contributed by atoms with E-state index < -0.39 is 17.7 Å². The van der Waals surface area contributed by atoms with E-state index in [1.54, 1.807) is 33.0 Å². The second-order valence-corrected chi connectivity index (χ2v) is 6.70. The van der Waals surface area contributed by atoms with Gasteiger partial charge in [0.15, 0.2) is 0 Å². The van der Waals surface area contributed by atoms with Crippen LogP contribution in [0.2, 0.25) is 0 Å². The number of rotatable bonds is 1. The molecule has 3 rings (SSSR count). The molecule has 0 saturated carbocycles. The van der Waals surface area contributed by atoms with Gasteiger partial charge in [-0.1, -0.05) is 18.2 Å². The van der Waals surface area contributed by atoms with Crippen LogP contribution in [0.3, 0.4) is 0 Å². The fraction of sp³-hybridized carbons (Fsp3) is 0.263. The third kappa shape index (κ3) is 3.28. The fourth-order valence-corrected chi connectivity index (χ4v) is 2.64. The van der Waals surface area contributed by atoms with Crippen LogP contribution in [0.5, 0.6) is 0 Å². The van der Waals surface area contributed by atoms with E-state index in [1.807, 2.05) is 24.3 Å². The van der Waals surface area contributed by atoms with Crippen LogP contribution >= 0.6 is 0 Å². The van der Waals surface area contributed by atoms with Crippen molar-refractivity contribution in [3.63, 3.8) is 0 Å². The highest BCUT2D eigenvalue weighted by atomic mass is 16.6. The maximum Gasteiger partial charge on any atom is 0.418 e. The van der Waals surface area contributed by atoms with Crippen LogP contribution in [0, 0.1) is 0 Å².